The Labute approximate surface area is 121 Å². The summed E-state index contributed by atoms with van der Waals surface area (Å²) in [6.45, 7) is 4.13. The Morgan fingerprint density at radius 1 is 1.30 bits per heavy atom. The standard InChI is InChI=1S/C17H23NO2/c1-2-8-15-11-6-7-12-16(15)18-17(19)20-13-14-9-4-3-5-10-14/h2-5,9-10,15-16H,1,6-8,11-13H2,(H,18,19). The van der Waals surface area contributed by atoms with Gasteiger partial charge in [0.05, 0.1) is 0 Å². The van der Waals surface area contributed by atoms with Gasteiger partial charge in [-0.25, -0.2) is 4.79 Å². The van der Waals surface area contributed by atoms with Gasteiger partial charge in [-0.05, 0) is 30.7 Å². The van der Waals surface area contributed by atoms with Crippen LogP contribution in [0.5, 0.6) is 0 Å². The van der Waals surface area contributed by atoms with E-state index < -0.39 is 0 Å². The summed E-state index contributed by atoms with van der Waals surface area (Å²) in [6.07, 6.45) is 7.22. The summed E-state index contributed by atoms with van der Waals surface area (Å²) in [5.74, 6) is 0.505. The summed E-state index contributed by atoms with van der Waals surface area (Å²) >= 11 is 0. The van der Waals surface area contributed by atoms with Crippen molar-refractivity contribution in [2.45, 2.75) is 44.8 Å². The van der Waals surface area contributed by atoms with Crippen molar-refractivity contribution in [1.29, 1.82) is 0 Å². The molecule has 2 unspecified atom stereocenters. The van der Waals surface area contributed by atoms with E-state index in [0.29, 0.717) is 12.5 Å². The van der Waals surface area contributed by atoms with Gasteiger partial charge in [-0.3, -0.25) is 0 Å². The lowest BCUT2D eigenvalue weighted by molar-refractivity contribution is 0.127. The van der Waals surface area contributed by atoms with Crippen LogP contribution >= 0.6 is 0 Å². The number of allylic oxidation sites excluding steroid dienone is 1. The topological polar surface area (TPSA) is 38.3 Å². The van der Waals surface area contributed by atoms with E-state index >= 15 is 0 Å². The molecule has 1 aromatic rings. The van der Waals surface area contributed by atoms with Crippen LogP contribution < -0.4 is 5.32 Å². The first kappa shape index (κ1) is 14.6. The number of ether oxygens (including phenoxy) is 1. The molecule has 0 saturated heterocycles. The minimum Gasteiger partial charge on any atom is -0.445 e. The molecule has 0 aromatic heterocycles. The maximum atomic E-state index is 11.9. The number of rotatable bonds is 5. The number of amides is 1. The first-order valence-electron chi connectivity index (χ1n) is 7.37. The van der Waals surface area contributed by atoms with Crippen molar-refractivity contribution in [1.82, 2.24) is 5.32 Å². The lowest BCUT2D eigenvalue weighted by atomic mass is 9.82. The molecule has 0 heterocycles. The molecule has 1 saturated carbocycles. The van der Waals surface area contributed by atoms with Crippen LogP contribution in [-0.2, 0) is 11.3 Å². The van der Waals surface area contributed by atoms with Crippen molar-refractivity contribution >= 4 is 6.09 Å². The van der Waals surface area contributed by atoms with E-state index in [2.05, 4.69) is 11.9 Å². The highest BCUT2D eigenvalue weighted by molar-refractivity contribution is 5.67. The zero-order chi connectivity index (χ0) is 14.2. The van der Waals surface area contributed by atoms with Gasteiger partial charge in [-0.2, -0.15) is 0 Å². The van der Waals surface area contributed by atoms with Gasteiger partial charge in [0, 0.05) is 6.04 Å². The van der Waals surface area contributed by atoms with Crippen LogP contribution in [0.3, 0.4) is 0 Å². The van der Waals surface area contributed by atoms with Crippen LogP contribution in [0.4, 0.5) is 4.79 Å². The lowest BCUT2D eigenvalue weighted by Gasteiger charge is -2.31. The van der Waals surface area contributed by atoms with Crippen LogP contribution in [0, 0.1) is 5.92 Å². The molecule has 1 N–H and O–H groups in total. The molecule has 0 spiro atoms. The molecule has 1 aliphatic rings. The smallest absolute Gasteiger partial charge is 0.407 e. The second-order valence-corrected chi connectivity index (χ2v) is 5.38. The number of benzene rings is 1. The van der Waals surface area contributed by atoms with Crippen molar-refractivity contribution in [2.24, 2.45) is 5.92 Å². The van der Waals surface area contributed by atoms with Gasteiger partial charge in [0.1, 0.15) is 6.61 Å². The molecule has 3 heteroatoms. The molecule has 1 fully saturated rings. The van der Waals surface area contributed by atoms with E-state index in [1.807, 2.05) is 36.4 Å². The van der Waals surface area contributed by atoms with E-state index in [0.717, 1.165) is 24.8 Å². The molecule has 0 radical (unpaired) electrons. The van der Waals surface area contributed by atoms with E-state index in [9.17, 15) is 4.79 Å². The van der Waals surface area contributed by atoms with Gasteiger partial charge in [0.25, 0.3) is 0 Å². The molecular formula is C17H23NO2. The van der Waals surface area contributed by atoms with Crippen LogP contribution in [0.1, 0.15) is 37.7 Å². The zero-order valence-corrected chi connectivity index (χ0v) is 11.9. The van der Waals surface area contributed by atoms with E-state index in [1.165, 1.54) is 12.8 Å². The Hall–Kier alpha value is -1.77. The van der Waals surface area contributed by atoms with Gasteiger partial charge in [-0.15, -0.1) is 6.58 Å². The third kappa shape index (κ3) is 4.41. The fraction of sp³-hybridized carbons (Fsp3) is 0.471. The van der Waals surface area contributed by atoms with Gasteiger partial charge >= 0.3 is 6.09 Å². The van der Waals surface area contributed by atoms with Crippen LogP contribution in [0.25, 0.3) is 0 Å². The molecular weight excluding hydrogens is 250 g/mol. The maximum Gasteiger partial charge on any atom is 0.407 e. The molecule has 20 heavy (non-hydrogen) atoms. The Kier molecular flexibility index (Phi) is 5.66. The fourth-order valence-corrected chi connectivity index (χ4v) is 2.81. The number of alkyl carbamates (subject to hydrolysis) is 1. The Morgan fingerprint density at radius 2 is 2.05 bits per heavy atom. The molecule has 1 aliphatic carbocycles. The Balaban J connectivity index is 1.79. The largest absolute Gasteiger partial charge is 0.445 e. The number of nitrogens with one attached hydrogen (secondary N) is 1. The van der Waals surface area contributed by atoms with E-state index in [4.69, 9.17) is 4.74 Å². The van der Waals surface area contributed by atoms with Crippen molar-refractivity contribution in [3.05, 3.63) is 48.6 Å². The summed E-state index contributed by atoms with van der Waals surface area (Å²) in [5.41, 5.74) is 1.01. The number of carbonyl (C=O) groups excluding carboxylic acids is 1. The molecule has 108 valence electrons. The third-order valence-corrected chi connectivity index (χ3v) is 3.89. The van der Waals surface area contributed by atoms with Gasteiger partial charge in [-0.1, -0.05) is 49.2 Å². The summed E-state index contributed by atoms with van der Waals surface area (Å²) < 4.78 is 5.28. The Bertz CT molecular complexity index is 430. The Morgan fingerprint density at radius 3 is 2.80 bits per heavy atom. The predicted molar refractivity (Wildman–Crippen MR) is 80.3 cm³/mol. The van der Waals surface area contributed by atoms with Gasteiger partial charge in [0.2, 0.25) is 0 Å². The van der Waals surface area contributed by atoms with Gasteiger partial charge < -0.3 is 10.1 Å². The summed E-state index contributed by atoms with van der Waals surface area (Å²) in [7, 11) is 0. The SMILES string of the molecule is C=CCC1CCCCC1NC(=O)OCc1ccccc1. The van der Waals surface area contributed by atoms with Crippen LogP contribution in [0.15, 0.2) is 43.0 Å². The van der Waals surface area contributed by atoms with Crippen molar-refractivity contribution in [2.75, 3.05) is 0 Å². The average molecular weight is 273 g/mol. The normalized spacial score (nSPS) is 22.0. The van der Waals surface area contributed by atoms with Gasteiger partial charge in [0.15, 0.2) is 0 Å². The average Bonchev–Trinajstić information content (AvgIpc) is 2.49. The molecule has 2 atom stereocenters. The highest BCUT2D eigenvalue weighted by atomic mass is 16.5. The molecule has 3 nitrogen and oxygen atoms in total. The van der Waals surface area contributed by atoms with E-state index in [1.54, 1.807) is 0 Å². The minimum absolute atomic E-state index is 0.227. The second-order valence-electron chi connectivity index (χ2n) is 5.38. The summed E-state index contributed by atoms with van der Waals surface area (Å²) in [5, 5.41) is 3.02. The quantitative estimate of drug-likeness (QED) is 0.822. The van der Waals surface area contributed by atoms with Crippen molar-refractivity contribution in [3.63, 3.8) is 0 Å². The molecule has 1 aromatic carbocycles. The second kappa shape index (κ2) is 7.73. The molecule has 1 amide bonds. The monoisotopic (exact) mass is 273 g/mol. The van der Waals surface area contributed by atoms with Crippen LogP contribution in [0.2, 0.25) is 0 Å². The van der Waals surface area contributed by atoms with Crippen molar-refractivity contribution < 1.29 is 9.53 Å². The maximum absolute atomic E-state index is 11.9. The summed E-state index contributed by atoms with van der Waals surface area (Å²) in [6, 6.07) is 9.97. The molecule has 2 rings (SSSR count). The molecule has 0 aliphatic heterocycles. The minimum atomic E-state index is -0.310. The summed E-state index contributed by atoms with van der Waals surface area (Å²) in [4.78, 5) is 11.9. The third-order valence-electron chi connectivity index (χ3n) is 3.89. The fourth-order valence-electron chi connectivity index (χ4n) is 2.81. The number of hydrogen-bond donors (Lipinski definition) is 1. The first-order valence-corrected chi connectivity index (χ1v) is 7.37. The first-order chi connectivity index (χ1) is 9.79. The van der Waals surface area contributed by atoms with Crippen LogP contribution in [-0.4, -0.2) is 12.1 Å². The molecule has 0 bridgehead atoms. The highest BCUT2D eigenvalue weighted by Crippen LogP contribution is 2.27. The number of carbonyl (C=O) groups is 1. The predicted octanol–water partition coefficient (Wildman–Crippen LogP) is 4.05. The number of hydrogen-bond acceptors (Lipinski definition) is 2. The lowest BCUT2D eigenvalue weighted by Crippen LogP contribution is -2.42. The highest BCUT2D eigenvalue weighted by Gasteiger charge is 2.25. The van der Waals surface area contributed by atoms with Crippen molar-refractivity contribution in [3.8, 4) is 0 Å². The van der Waals surface area contributed by atoms with E-state index in [-0.39, 0.29) is 12.1 Å². The zero-order valence-electron chi connectivity index (χ0n) is 11.9.